The SMILES string of the molecule is Cc1ccc([C@@H](CNC(=O)CCNC(=O)[C@H]2C[C@@H]2C)N2CCCC2)o1. The predicted octanol–water partition coefficient (Wildman–Crippen LogP) is 2.00. The molecule has 6 heteroatoms. The van der Waals surface area contributed by atoms with Gasteiger partial charge in [-0.3, -0.25) is 14.5 Å². The van der Waals surface area contributed by atoms with E-state index in [1.165, 1.54) is 12.8 Å². The Morgan fingerprint density at radius 2 is 2.00 bits per heavy atom. The minimum absolute atomic E-state index is 0.0309. The smallest absolute Gasteiger partial charge is 0.223 e. The third-order valence-electron chi connectivity index (χ3n) is 5.26. The lowest BCUT2D eigenvalue weighted by Crippen LogP contribution is -2.38. The second-order valence-electron chi connectivity index (χ2n) is 7.37. The molecule has 138 valence electrons. The van der Waals surface area contributed by atoms with Crippen LogP contribution in [0.4, 0.5) is 0 Å². The number of nitrogens with one attached hydrogen (secondary N) is 2. The number of nitrogens with zero attached hydrogens (tertiary/aromatic N) is 1. The molecule has 3 atom stereocenters. The average molecular weight is 347 g/mol. The van der Waals surface area contributed by atoms with E-state index in [2.05, 4.69) is 22.5 Å². The first-order valence-electron chi connectivity index (χ1n) is 9.39. The molecule has 1 aliphatic carbocycles. The van der Waals surface area contributed by atoms with Gasteiger partial charge in [-0.2, -0.15) is 0 Å². The summed E-state index contributed by atoms with van der Waals surface area (Å²) in [4.78, 5) is 26.3. The fourth-order valence-electron chi connectivity index (χ4n) is 3.51. The van der Waals surface area contributed by atoms with Crippen molar-refractivity contribution < 1.29 is 14.0 Å². The molecule has 0 radical (unpaired) electrons. The first-order chi connectivity index (χ1) is 12.0. The van der Waals surface area contributed by atoms with Crippen LogP contribution in [-0.2, 0) is 9.59 Å². The molecule has 2 N–H and O–H groups in total. The summed E-state index contributed by atoms with van der Waals surface area (Å²) >= 11 is 0. The first-order valence-corrected chi connectivity index (χ1v) is 9.39. The summed E-state index contributed by atoms with van der Waals surface area (Å²) in [5.41, 5.74) is 0. The van der Waals surface area contributed by atoms with Gasteiger partial charge in [-0.25, -0.2) is 0 Å². The number of carbonyl (C=O) groups is 2. The predicted molar refractivity (Wildman–Crippen MR) is 94.9 cm³/mol. The van der Waals surface area contributed by atoms with E-state index in [0.717, 1.165) is 31.0 Å². The standard InChI is InChI=1S/C19H29N3O3/c1-13-11-15(13)19(24)20-8-7-18(23)21-12-16(22-9-3-4-10-22)17-6-5-14(2)25-17/h5-6,13,15-16H,3-4,7-12H2,1-2H3,(H,20,24)(H,21,23)/t13-,15-,16+/m0/s1. The monoisotopic (exact) mass is 347 g/mol. The fourth-order valence-corrected chi connectivity index (χ4v) is 3.51. The van der Waals surface area contributed by atoms with Gasteiger partial charge in [0.2, 0.25) is 11.8 Å². The number of likely N-dealkylation sites (tertiary alicyclic amines) is 1. The second kappa shape index (κ2) is 8.04. The normalized spacial score (nSPS) is 24.1. The Bertz CT molecular complexity index is 607. The molecule has 2 heterocycles. The van der Waals surface area contributed by atoms with Gasteiger partial charge in [0.05, 0.1) is 6.04 Å². The van der Waals surface area contributed by atoms with E-state index >= 15 is 0 Å². The van der Waals surface area contributed by atoms with Crippen molar-refractivity contribution in [2.75, 3.05) is 26.2 Å². The lowest BCUT2D eigenvalue weighted by Gasteiger charge is -2.26. The number of furan rings is 1. The molecule has 0 spiro atoms. The summed E-state index contributed by atoms with van der Waals surface area (Å²) in [5.74, 6) is 2.51. The van der Waals surface area contributed by atoms with Gasteiger partial charge in [-0.05, 0) is 57.3 Å². The van der Waals surface area contributed by atoms with Crippen molar-refractivity contribution in [2.24, 2.45) is 11.8 Å². The molecule has 0 aromatic carbocycles. The van der Waals surface area contributed by atoms with Crippen LogP contribution in [0.5, 0.6) is 0 Å². The summed E-state index contributed by atoms with van der Waals surface area (Å²) in [6.07, 6.45) is 3.67. The van der Waals surface area contributed by atoms with Gasteiger partial charge in [-0.1, -0.05) is 6.92 Å². The second-order valence-corrected chi connectivity index (χ2v) is 7.37. The van der Waals surface area contributed by atoms with Crippen LogP contribution in [0.15, 0.2) is 16.5 Å². The molecular weight excluding hydrogens is 318 g/mol. The molecule has 1 aliphatic heterocycles. The van der Waals surface area contributed by atoms with E-state index in [1.54, 1.807) is 0 Å². The maximum atomic E-state index is 12.1. The molecule has 25 heavy (non-hydrogen) atoms. The number of amides is 2. The lowest BCUT2D eigenvalue weighted by molar-refractivity contribution is -0.123. The molecule has 0 unspecified atom stereocenters. The highest BCUT2D eigenvalue weighted by Gasteiger charge is 2.38. The third-order valence-corrected chi connectivity index (χ3v) is 5.26. The van der Waals surface area contributed by atoms with Crippen LogP contribution in [0.1, 0.15) is 50.2 Å². The molecule has 1 aromatic heterocycles. The molecular formula is C19H29N3O3. The van der Waals surface area contributed by atoms with Gasteiger partial charge >= 0.3 is 0 Å². The topological polar surface area (TPSA) is 74.6 Å². The Balaban J connectivity index is 1.43. The maximum absolute atomic E-state index is 12.1. The van der Waals surface area contributed by atoms with Crippen LogP contribution >= 0.6 is 0 Å². The first kappa shape index (κ1) is 18.0. The Morgan fingerprint density at radius 1 is 1.28 bits per heavy atom. The van der Waals surface area contributed by atoms with Crippen LogP contribution in [0.2, 0.25) is 0 Å². The van der Waals surface area contributed by atoms with Crippen molar-refractivity contribution in [3.63, 3.8) is 0 Å². The molecule has 1 saturated heterocycles. The van der Waals surface area contributed by atoms with Crippen molar-refractivity contribution in [3.05, 3.63) is 23.7 Å². The highest BCUT2D eigenvalue weighted by Crippen LogP contribution is 2.37. The van der Waals surface area contributed by atoms with Crippen molar-refractivity contribution in [1.29, 1.82) is 0 Å². The Labute approximate surface area is 149 Å². The Morgan fingerprint density at radius 3 is 2.60 bits per heavy atom. The maximum Gasteiger partial charge on any atom is 0.223 e. The van der Waals surface area contributed by atoms with Gasteiger partial charge in [-0.15, -0.1) is 0 Å². The molecule has 2 amide bonds. The molecule has 1 saturated carbocycles. The third kappa shape index (κ3) is 4.84. The van der Waals surface area contributed by atoms with E-state index in [4.69, 9.17) is 4.42 Å². The minimum atomic E-state index is -0.0309. The lowest BCUT2D eigenvalue weighted by atomic mass is 10.2. The summed E-state index contributed by atoms with van der Waals surface area (Å²) in [7, 11) is 0. The summed E-state index contributed by atoms with van der Waals surface area (Å²) in [6, 6.07) is 4.05. The number of carbonyl (C=O) groups excluding carboxylic acids is 2. The molecule has 3 rings (SSSR count). The molecule has 2 aliphatic rings. The Kier molecular flexibility index (Phi) is 5.78. The number of rotatable bonds is 8. The summed E-state index contributed by atoms with van der Waals surface area (Å²) < 4.78 is 5.80. The van der Waals surface area contributed by atoms with Gasteiger partial charge in [0.15, 0.2) is 0 Å². The van der Waals surface area contributed by atoms with E-state index < -0.39 is 0 Å². The van der Waals surface area contributed by atoms with Gasteiger partial charge in [0.1, 0.15) is 11.5 Å². The summed E-state index contributed by atoms with van der Waals surface area (Å²) in [6.45, 7) is 7.03. The van der Waals surface area contributed by atoms with Crippen LogP contribution < -0.4 is 10.6 Å². The highest BCUT2D eigenvalue weighted by molar-refractivity contribution is 5.82. The molecule has 0 bridgehead atoms. The quantitative estimate of drug-likeness (QED) is 0.754. The van der Waals surface area contributed by atoms with Crippen LogP contribution in [0.3, 0.4) is 0 Å². The van der Waals surface area contributed by atoms with Crippen molar-refractivity contribution in [3.8, 4) is 0 Å². The van der Waals surface area contributed by atoms with Crippen LogP contribution in [0, 0.1) is 18.8 Å². The van der Waals surface area contributed by atoms with Crippen LogP contribution in [0.25, 0.3) is 0 Å². The summed E-state index contributed by atoms with van der Waals surface area (Å²) in [5, 5.41) is 5.86. The van der Waals surface area contributed by atoms with E-state index in [1.807, 2.05) is 19.1 Å². The largest absolute Gasteiger partial charge is 0.465 e. The van der Waals surface area contributed by atoms with E-state index in [0.29, 0.717) is 25.4 Å². The zero-order valence-electron chi connectivity index (χ0n) is 15.2. The minimum Gasteiger partial charge on any atom is -0.465 e. The number of aryl methyl sites for hydroxylation is 1. The number of hydrogen-bond donors (Lipinski definition) is 2. The molecule has 1 aromatic rings. The highest BCUT2D eigenvalue weighted by atomic mass is 16.3. The molecule has 2 fully saturated rings. The van der Waals surface area contributed by atoms with Gasteiger partial charge in [0, 0.05) is 25.4 Å². The van der Waals surface area contributed by atoms with E-state index in [9.17, 15) is 9.59 Å². The van der Waals surface area contributed by atoms with Crippen molar-refractivity contribution >= 4 is 11.8 Å². The fraction of sp³-hybridized carbons (Fsp3) is 0.684. The zero-order valence-corrected chi connectivity index (χ0v) is 15.2. The van der Waals surface area contributed by atoms with Crippen molar-refractivity contribution in [1.82, 2.24) is 15.5 Å². The number of hydrogen-bond acceptors (Lipinski definition) is 4. The average Bonchev–Trinajstić information content (AvgIpc) is 2.97. The van der Waals surface area contributed by atoms with Crippen molar-refractivity contribution in [2.45, 2.75) is 45.6 Å². The Hall–Kier alpha value is -1.82. The van der Waals surface area contributed by atoms with Gasteiger partial charge in [0.25, 0.3) is 0 Å². The molecule has 6 nitrogen and oxygen atoms in total. The van der Waals surface area contributed by atoms with Gasteiger partial charge < -0.3 is 15.1 Å². The van der Waals surface area contributed by atoms with E-state index in [-0.39, 0.29) is 23.8 Å². The zero-order chi connectivity index (χ0) is 17.8. The van der Waals surface area contributed by atoms with Crippen LogP contribution in [-0.4, -0.2) is 42.9 Å².